The molecule has 0 radical (unpaired) electrons. The normalized spacial score (nSPS) is 16.9. The first-order valence-electron chi connectivity index (χ1n) is 20.3. The van der Waals surface area contributed by atoms with Gasteiger partial charge in [-0.15, -0.1) is 0 Å². The molecular formula is C42H68O6S2. The number of unbranched alkanes of at least 4 members (excludes halogenated alkanes) is 18. The molecule has 6 nitrogen and oxygen atoms in total. The molecular weight excluding hydrogens is 665 g/mol. The third-order valence-corrected chi connectivity index (χ3v) is 12.9. The van der Waals surface area contributed by atoms with E-state index in [-0.39, 0.29) is 16.2 Å². The first-order valence-corrected chi connectivity index (χ1v) is 23.1. The smallest absolute Gasteiger partial charge is 0.263 e. The third kappa shape index (κ3) is 17.2. The van der Waals surface area contributed by atoms with Gasteiger partial charge in [0.15, 0.2) is 0 Å². The lowest BCUT2D eigenvalue weighted by atomic mass is 9.95. The Kier molecular flexibility index (Phi) is 20.9. The largest absolute Gasteiger partial charge is 0.297 e. The Bertz CT molecular complexity index is 1260. The molecule has 0 amide bonds. The van der Waals surface area contributed by atoms with Gasteiger partial charge in [-0.2, -0.15) is 16.8 Å². The van der Waals surface area contributed by atoms with Gasteiger partial charge < -0.3 is 0 Å². The second-order valence-corrected chi connectivity index (χ2v) is 17.8. The van der Waals surface area contributed by atoms with Crippen molar-refractivity contribution in [2.45, 2.75) is 203 Å². The van der Waals surface area contributed by atoms with Crippen molar-refractivity contribution >= 4 is 20.2 Å². The summed E-state index contributed by atoms with van der Waals surface area (Å²) in [7, 11) is -7.94. The van der Waals surface area contributed by atoms with Gasteiger partial charge >= 0.3 is 0 Å². The van der Waals surface area contributed by atoms with E-state index in [2.05, 4.69) is 13.8 Å². The summed E-state index contributed by atoms with van der Waals surface area (Å²) in [5.74, 6) is 0. The fourth-order valence-electron chi connectivity index (χ4n) is 7.03. The minimum Gasteiger partial charge on any atom is -0.263 e. The minimum atomic E-state index is -3.97. The van der Waals surface area contributed by atoms with Gasteiger partial charge in [0.1, 0.15) is 0 Å². The van der Waals surface area contributed by atoms with Crippen molar-refractivity contribution in [3.8, 4) is 0 Å². The summed E-state index contributed by atoms with van der Waals surface area (Å²) in [6.07, 6.45) is 28.4. The Hall–Kier alpha value is -1.74. The Labute approximate surface area is 306 Å². The maximum absolute atomic E-state index is 13.1. The number of hydrogen-bond acceptors (Lipinski definition) is 6. The molecule has 0 aromatic heterocycles. The van der Waals surface area contributed by atoms with Crippen molar-refractivity contribution in [3.05, 3.63) is 59.7 Å². The van der Waals surface area contributed by atoms with Gasteiger partial charge in [0.25, 0.3) is 20.2 Å². The Morgan fingerprint density at radius 3 is 1.08 bits per heavy atom. The van der Waals surface area contributed by atoms with Crippen molar-refractivity contribution in [1.82, 2.24) is 0 Å². The van der Waals surface area contributed by atoms with E-state index >= 15 is 0 Å². The summed E-state index contributed by atoms with van der Waals surface area (Å²) >= 11 is 0. The minimum absolute atomic E-state index is 0.137. The highest BCUT2D eigenvalue weighted by molar-refractivity contribution is 7.87. The van der Waals surface area contributed by atoms with Crippen LogP contribution in [0.1, 0.15) is 179 Å². The maximum Gasteiger partial charge on any atom is 0.297 e. The van der Waals surface area contributed by atoms with E-state index in [0.717, 1.165) is 36.8 Å². The molecule has 1 aliphatic carbocycles. The molecule has 3 rings (SSSR count). The number of hydrogen-bond donors (Lipinski definition) is 0. The molecule has 1 fully saturated rings. The molecule has 0 spiro atoms. The fraction of sp³-hybridized carbons (Fsp3) is 0.714. The summed E-state index contributed by atoms with van der Waals surface area (Å²) in [6.45, 7) is 4.50. The average molecular weight is 733 g/mol. The van der Waals surface area contributed by atoms with E-state index in [0.29, 0.717) is 19.3 Å². The lowest BCUT2D eigenvalue weighted by Crippen LogP contribution is -2.31. The van der Waals surface area contributed by atoms with Crippen LogP contribution in [0, 0.1) is 0 Å². The van der Waals surface area contributed by atoms with Crippen molar-refractivity contribution in [3.63, 3.8) is 0 Å². The summed E-state index contributed by atoms with van der Waals surface area (Å²) in [6, 6.07) is 14.0. The van der Waals surface area contributed by atoms with E-state index in [1.807, 2.05) is 24.3 Å². The predicted octanol–water partition coefficient (Wildman–Crippen LogP) is 12.0. The zero-order valence-corrected chi connectivity index (χ0v) is 33.1. The molecule has 2 atom stereocenters. The van der Waals surface area contributed by atoms with Gasteiger partial charge in [0.05, 0.1) is 22.0 Å². The van der Waals surface area contributed by atoms with Crippen LogP contribution >= 0.6 is 0 Å². The SMILES string of the molecule is CCCCCCCCCCCCc1ccc(S(=O)(=O)OC2CCCC(OS(=O)(=O)c3ccc(CCCCCCCCCCCC)cc3)C2)cc1. The van der Waals surface area contributed by atoms with Crippen LogP contribution < -0.4 is 0 Å². The van der Waals surface area contributed by atoms with E-state index in [1.54, 1.807) is 24.3 Å². The first-order chi connectivity index (χ1) is 24.2. The van der Waals surface area contributed by atoms with Crippen LogP contribution in [0.15, 0.2) is 58.3 Å². The third-order valence-electron chi connectivity index (χ3n) is 10.2. The standard InChI is InChI=1S/C42H68O6S2/c1-3-5-7-9-11-13-15-17-19-21-24-37-28-32-41(33-29-37)49(43,44)47-39-26-23-27-40(36-39)48-50(45,46)42-34-30-38(31-35-42)25-22-20-18-16-14-12-10-8-6-4-2/h28-35,39-40H,3-27,36H2,1-2H3. The highest BCUT2D eigenvalue weighted by Crippen LogP contribution is 2.30. The number of rotatable bonds is 28. The highest BCUT2D eigenvalue weighted by atomic mass is 32.2. The van der Waals surface area contributed by atoms with Crippen LogP contribution in [0.4, 0.5) is 0 Å². The van der Waals surface area contributed by atoms with Gasteiger partial charge in [-0.1, -0.05) is 154 Å². The van der Waals surface area contributed by atoms with Gasteiger partial charge in [0, 0.05) is 6.42 Å². The van der Waals surface area contributed by atoms with Crippen molar-refractivity contribution < 1.29 is 25.2 Å². The molecule has 2 aromatic carbocycles. The summed E-state index contributed by atoms with van der Waals surface area (Å²) in [5, 5.41) is 0. The zero-order valence-electron chi connectivity index (χ0n) is 31.4. The van der Waals surface area contributed by atoms with E-state index < -0.39 is 32.4 Å². The second kappa shape index (κ2) is 24.5. The Morgan fingerprint density at radius 1 is 0.460 bits per heavy atom. The van der Waals surface area contributed by atoms with Crippen LogP contribution in [0.2, 0.25) is 0 Å². The lowest BCUT2D eigenvalue weighted by Gasteiger charge is -2.28. The molecule has 2 unspecified atom stereocenters. The quantitative estimate of drug-likeness (QED) is 0.0639. The molecule has 0 N–H and O–H groups in total. The maximum atomic E-state index is 13.1. The molecule has 2 aromatic rings. The van der Waals surface area contributed by atoms with E-state index in [9.17, 15) is 16.8 Å². The summed E-state index contributed by atoms with van der Waals surface area (Å²) in [4.78, 5) is 0.274. The Balaban J connectivity index is 1.35. The molecule has 8 heteroatoms. The van der Waals surface area contributed by atoms with Crippen LogP contribution in [-0.2, 0) is 41.4 Å². The predicted molar refractivity (Wildman–Crippen MR) is 207 cm³/mol. The zero-order chi connectivity index (χ0) is 35.9. The van der Waals surface area contributed by atoms with Crippen molar-refractivity contribution in [2.75, 3.05) is 0 Å². The summed E-state index contributed by atoms with van der Waals surface area (Å²) in [5.41, 5.74) is 2.26. The molecule has 0 heterocycles. The summed E-state index contributed by atoms with van der Waals surface area (Å²) < 4.78 is 63.7. The molecule has 0 saturated heterocycles. The first kappa shape index (κ1) is 42.7. The van der Waals surface area contributed by atoms with Crippen LogP contribution in [0.5, 0.6) is 0 Å². The van der Waals surface area contributed by atoms with Gasteiger partial charge in [-0.05, 0) is 80.3 Å². The van der Waals surface area contributed by atoms with Gasteiger partial charge in [0.2, 0.25) is 0 Å². The van der Waals surface area contributed by atoms with Gasteiger partial charge in [-0.25, -0.2) is 0 Å². The van der Waals surface area contributed by atoms with Gasteiger partial charge in [-0.3, -0.25) is 8.37 Å². The Morgan fingerprint density at radius 2 is 0.760 bits per heavy atom. The lowest BCUT2D eigenvalue weighted by molar-refractivity contribution is 0.0759. The molecule has 284 valence electrons. The fourth-order valence-corrected chi connectivity index (χ4v) is 9.25. The van der Waals surface area contributed by atoms with Crippen LogP contribution in [0.25, 0.3) is 0 Å². The number of aryl methyl sites for hydroxylation is 2. The molecule has 0 aliphatic heterocycles. The van der Waals surface area contributed by atoms with Crippen LogP contribution in [-0.4, -0.2) is 29.0 Å². The average Bonchev–Trinajstić information content (AvgIpc) is 3.10. The molecule has 50 heavy (non-hydrogen) atoms. The molecule has 1 saturated carbocycles. The van der Waals surface area contributed by atoms with E-state index in [4.69, 9.17) is 8.37 Å². The number of benzene rings is 2. The molecule has 0 bridgehead atoms. The topological polar surface area (TPSA) is 86.7 Å². The van der Waals surface area contributed by atoms with E-state index in [1.165, 1.54) is 116 Å². The van der Waals surface area contributed by atoms with Crippen LogP contribution in [0.3, 0.4) is 0 Å². The highest BCUT2D eigenvalue weighted by Gasteiger charge is 2.31. The second-order valence-electron chi connectivity index (χ2n) is 14.7. The monoisotopic (exact) mass is 732 g/mol. The van der Waals surface area contributed by atoms with Crippen molar-refractivity contribution in [1.29, 1.82) is 0 Å². The van der Waals surface area contributed by atoms with Crippen molar-refractivity contribution in [2.24, 2.45) is 0 Å². The molecule has 1 aliphatic rings.